The van der Waals surface area contributed by atoms with Gasteiger partial charge in [0.05, 0.1) is 0 Å². The summed E-state index contributed by atoms with van der Waals surface area (Å²) in [5, 5.41) is 6.78. The van der Waals surface area contributed by atoms with Crippen LogP contribution in [-0.4, -0.2) is 26.2 Å². The molecule has 1 rings (SSSR count). The average Bonchev–Trinajstić information content (AvgIpc) is 2.03. The molecule has 0 aromatic heterocycles. The van der Waals surface area contributed by atoms with Gasteiger partial charge in [-0.1, -0.05) is 6.92 Å². The van der Waals surface area contributed by atoms with Gasteiger partial charge >= 0.3 is 0 Å². The molecule has 60 valence electrons. The summed E-state index contributed by atoms with van der Waals surface area (Å²) < 4.78 is 0. The second-order valence-electron chi connectivity index (χ2n) is 3.02. The minimum Gasteiger partial charge on any atom is -0.317 e. The Kier molecular flexibility index (Phi) is 3.76. The van der Waals surface area contributed by atoms with Crippen LogP contribution in [0.15, 0.2) is 0 Å². The van der Waals surface area contributed by atoms with E-state index < -0.39 is 0 Å². The first-order valence-corrected chi connectivity index (χ1v) is 4.35. The van der Waals surface area contributed by atoms with Crippen LogP contribution in [0.4, 0.5) is 0 Å². The molecule has 2 nitrogen and oxygen atoms in total. The van der Waals surface area contributed by atoms with Gasteiger partial charge in [0.2, 0.25) is 0 Å². The smallest absolute Gasteiger partial charge is 0.000837 e. The SMILES string of the molecule is CCNC[C@H]1CCCNC1. The summed E-state index contributed by atoms with van der Waals surface area (Å²) in [6.07, 6.45) is 2.76. The minimum atomic E-state index is 0.883. The van der Waals surface area contributed by atoms with E-state index in [0.717, 1.165) is 12.5 Å². The first kappa shape index (κ1) is 8.02. The van der Waals surface area contributed by atoms with Gasteiger partial charge in [0.1, 0.15) is 0 Å². The number of nitrogens with one attached hydrogen (secondary N) is 2. The van der Waals surface area contributed by atoms with Crippen molar-refractivity contribution in [1.29, 1.82) is 0 Å². The molecular weight excluding hydrogens is 124 g/mol. The Balaban J connectivity index is 2.02. The lowest BCUT2D eigenvalue weighted by Crippen LogP contribution is -2.35. The highest BCUT2D eigenvalue weighted by Gasteiger charge is 2.10. The van der Waals surface area contributed by atoms with Crippen molar-refractivity contribution in [3.8, 4) is 0 Å². The van der Waals surface area contributed by atoms with Gasteiger partial charge in [0, 0.05) is 0 Å². The number of piperidine rings is 1. The van der Waals surface area contributed by atoms with Gasteiger partial charge in [-0.3, -0.25) is 0 Å². The van der Waals surface area contributed by atoms with Gasteiger partial charge in [0.25, 0.3) is 0 Å². The molecule has 0 aromatic rings. The Morgan fingerprint density at radius 2 is 2.50 bits per heavy atom. The van der Waals surface area contributed by atoms with E-state index in [1.54, 1.807) is 0 Å². The Bertz CT molecular complexity index is 77.3. The van der Waals surface area contributed by atoms with Crippen LogP contribution in [0.3, 0.4) is 0 Å². The highest BCUT2D eigenvalue weighted by atomic mass is 14.9. The fraction of sp³-hybridized carbons (Fsp3) is 1.00. The van der Waals surface area contributed by atoms with Gasteiger partial charge < -0.3 is 10.6 Å². The maximum absolute atomic E-state index is 3.40. The lowest BCUT2D eigenvalue weighted by Gasteiger charge is -2.22. The quantitative estimate of drug-likeness (QED) is 0.603. The van der Waals surface area contributed by atoms with Crippen molar-refractivity contribution in [3.05, 3.63) is 0 Å². The molecule has 1 fully saturated rings. The van der Waals surface area contributed by atoms with Crippen LogP contribution in [0.25, 0.3) is 0 Å². The highest BCUT2D eigenvalue weighted by molar-refractivity contribution is 4.70. The van der Waals surface area contributed by atoms with Crippen LogP contribution >= 0.6 is 0 Å². The fourth-order valence-corrected chi connectivity index (χ4v) is 1.45. The predicted octanol–water partition coefficient (Wildman–Crippen LogP) is 0.595. The van der Waals surface area contributed by atoms with Crippen LogP contribution in [0.1, 0.15) is 19.8 Å². The zero-order valence-electron chi connectivity index (χ0n) is 6.82. The van der Waals surface area contributed by atoms with E-state index >= 15 is 0 Å². The lowest BCUT2D eigenvalue weighted by molar-refractivity contribution is 0.363. The highest BCUT2D eigenvalue weighted by Crippen LogP contribution is 2.07. The molecule has 2 N–H and O–H groups in total. The molecule has 0 aliphatic carbocycles. The van der Waals surface area contributed by atoms with E-state index in [4.69, 9.17) is 0 Å². The molecule has 0 spiro atoms. The topological polar surface area (TPSA) is 24.1 Å². The largest absolute Gasteiger partial charge is 0.317 e. The Labute approximate surface area is 63.4 Å². The molecule has 1 aliphatic heterocycles. The lowest BCUT2D eigenvalue weighted by atomic mass is 10.00. The van der Waals surface area contributed by atoms with Gasteiger partial charge in [-0.25, -0.2) is 0 Å². The Morgan fingerprint density at radius 3 is 3.10 bits per heavy atom. The van der Waals surface area contributed by atoms with Crippen molar-refractivity contribution in [3.63, 3.8) is 0 Å². The Morgan fingerprint density at radius 1 is 1.60 bits per heavy atom. The third-order valence-electron chi connectivity index (χ3n) is 2.08. The van der Waals surface area contributed by atoms with Crippen molar-refractivity contribution >= 4 is 0 Å². The van der Waals surface area contributed by atoms with E-state index in [0.29, 0.717) is 0 Å². The fourth-order valence-electron chi connectivity index (χ4n) is 1.45. The van der Waals surface area contributed by atoms with Crippen molar-refractivity contribution in [2.75, 3.05) is 26.2 Å². The number of rotatable bonds is 3. The molecule has 0 bridgehead atoms. The molecule has 0 aromatic carbocycles. The van der Waals surface area contributed by atoms with Crippen LogP contribution in [-0.2, 0) is 0 Å². The van der Waals surface area contributed by atoms with Crippen molar-refractivity contribution in [2.45, 2.75) is 19.8 Å². The normalized spacial score (nSPS) is 26.7. The third-order valence-corrected chi connectivity index (χ3v) is 2.08. The third kappa shape index (κ3) is 2.67. The van der Waals surface area contributed by atoms with Gasteiger partial charge in [-0.15, -0.1) is 0 Å². The van der Waals surface area contributed by atoms with Gasteiger partial charge in [-0.05, 0) is 44.9 Å². The van der Waals surface area contributed by atoms with E-state index in [9.17, 15) is 0 Å². The van der Waals surface area contributed by atoms with Crippen LogP contribution in [0.2, 0.25) is 0 Å². The first-order valence-electron chi connectivity index (χ1n) is 4.35. The predicted molar refractivity (Wildman–Crippen MR) is 44.1 cm³/mol. The van der Waals surface area contributed by atoms with E-state index in [-0.39, 0.29) is 0 Å². The first-order chi connectivity index (χ1) is 4.93. The molecule has 2 heteroatoms. The summed E-state index contributed by atoms with van der Waals surface area (Å²) in [4.78, 5) is 0. The van der Waals surface area contributed by atoms with Crippen LogP contribution in [0, 0.1) is 5.92 Å². The zero-order chi connectivity index (χ0) is 7.23. The monoisotopic (exact) mass is 142 g/mol. The van der Waals surface area contributed by atoms with Crippen molar-refractivity contribution in [2.24, 2.45) is 5.92 Å². The summed E-state index contributed by atoms with van der Waals surface area (Å²) in [6, 6.07) is 0. The Hall–Kier alpha value is -0.0800. The molecule has 1 atom stereocenters. The number of hydrogen-bond donors (Lipinski definition) is 2. The van der Waals surface area contributed by atoms with Gasteiger partial charge in [-0.2, -0.15) is 0 Å². The maximum Gasteiger partial charge on any atom is -0.000837 e. The second-order valence-corrected chi connectivity index (χ2v) is 3.02. The van der Waals surface area contributed by atoms with Crippen molar-refractivity contribution in [1.82, 2.24) is 10.6 Å². The van der Waals surface area contributed by atoms with E-state index in [1.807, 2.05) is 0 Å². The van der Waals surface area contributed by atoms with E-state index in [1.165, 1.54) is 32.5 Å². The summed E-state index contributed by atoms with van der Waals surface area (Å²) in [5.74, 6) is 0.883. The molecule has 0 radical (unpaired) electrons. The molecule has 0 amide bonds. The van der Waals surface area contributed by atoms with Crippen LogP contribution in [0.5, 0.6) is 0 Å². The van der Waals surface area contributed by atoms with Gasteiger partial charge in [0.15, 0.2) is 0 Å². The van der Waals surface area contributed by atoms with E-state index in [2.05, 4.69) is 17.6 Å². The molecule has 1 aliphatic rings. The standard InChI is InChI=1S/C8H18N2/c1-2-9-6-8-4-3-5-10-7-8/h8-10H,2-7H2,1H3/t8-/m1/s1. The summed E-state index contributed by atoms with van der Waals surface area (Å²) in [6.45, 7) is 6.91. The van der Waals surface area contributed by atoms with Crippen molar-refractivity contribution < 1.29 is 0 Å². The average molecular weight is 142 g/mol. The molecule has 1 saturated heterocycles. The summed E-state index contributed by atoms with van der Waals surface area (Å²) in [5.41, 5.74) is 0. The summed E-state index contributed by atoms with van der Waals surface area (Å²) >= 11 is 0. The second kappa shape index (κ2) is 4.69. The number of hydrogen-bond acceptors (Lipinski definition) is 2. The minimum absolute atomic E-state index is 0.883. The van der Waals surface area contributed by atoms with Crippen LogP contribution < -0.4 is 10.6 Å². The molecule has 10 heavy (non-hydrogen) atoms. The maximum atomic E-state index is 3.40. The molecule has 0 unspecified atom stereocenters. The molecular formula is C8H18N2. The summed E-state index contributed by atoms with van der Waals surface area (Å²) in [7, 11) is 0. The molecule has 0 saturated carbocycles. The molecule has 1 heterocycles. The zero-order valence-corrected chi connectivity index (χ0v) is 6.82.